The van der Waals surface area contributed by atoms with Crippen LogP contribution >= 0.6 is 7.60 Å². The van der Waals surface area contributed by atoms with Crippen molar-refractivity contribution < 1.29 is 23.5 Å². The molecule has 0 aromatic heterocycles. The third-order valence-corrected chi connectivity index (χ3v) is 4.24. The molecule has 0 aromatic rings. The zero-order valence-electron chi connectivity index (χ0n) is 9.38. The van der Waals surface area contributed by atoms with Crippen LogP contribution in [0, 0.1) is 17.2 Å². The molecule has 0 fully saturated rings. The number of nitrogens with zero attached hydrogens (tertiary/aromatic N) is 1. The molecule has 0 radical (unpaired) electrons. The third kappa shape index (κ3) is 5.86. The first-order valence-corrected chi connectivity index (χ1v) is 6.49. The van der Waals surface area contributed by atoms with Crippen LogP contribution in [0.5, 0.6) is 0 Å². The van der Waals surface area contributed by atoms with Crippen LogP contribution in [-0.2, 0) is 18.4 Å². The van der Waals surface area contributed by atoms with E-state index in [2.05, 4.69) is 0 Å². The van der Waals surface area contributed by atoms with E-state index in [1.54, 1.807) is 0 Å². The largest absolute Gasteiger partial charge is 0.481 e. The average molecular weight is 249 g/mol. The molecule has 0 amide bonds. The van der Waals surface area contributed by atoms with Gasteiger partial charge in [-0.05, 0) is 12.3 Å². The predicted octanol–water partition coefficient (Wildman–Crippen LogP) is 1.87. The van der Waals surface area contributed by atoms with Crippen molar-refractivity contribution in [3.8, 4) is 6.07 Å². The highest BCUT2D eigenvalue weighted by molar-refractivity contribution is 7.53. The number of carboxylic acids is 1. The van der Waals surface area contributed by atoms with Crippen LogP contribution in [0.1, 0.15) is 19.3 Å². The normalized spacial score (nSPS) is 13.1. The Kier molecular flexibility index (Phi) is 6.98. The fourth-order valence-corrected chi connectivity index (χ4v) is 2.70. The highest BCUT2D eigenvalue weighted by Crippen LogP contribution is 2.49. The minimum atomic E-state index is -3.21. The Morgan fingerprint density at radius 1 is 1.50 bits per heavy atom. The molecular weight excluding hydrogens is 233 g/mol. The van der Waals surface area contributed by atoms with Crippen molar-refractivity contribution in [1.29, 1.82) is 5.26 Å². The smallest absolute Gasteiger partial charge is 0.330 e. The zero-order valence-corrected chi connectivity index (χ0v) is 10.3. The van der Waals surface area contributed by atoms with Gasteiger partial charge in [0.1, 0.15) is 0 Å². The van der Waals surface area contributed by atoms with Crippen molar-refractivity contribution in [3.05, 3.63) is 0 Å². The second kappa shape index (κ2) is 7.39. The van der Waals surface area contributed by atoms with E-state index < -0.39 is 13.6 Å². The Labute approximate surface area is 94.7 Å². The van der Waals surface area contributed by atoms with Gasteiger partial charge in [-0.15, -0.1) is 0 Å². The highest BCUT2D eigenvalue weighted by atomic mass is 31.2. The maximum Gasteiger partial charge on any atom is 0.330 e. The second-order valence-electron chi connectivity index (χ2n) is 3.32. The summed E-state index contributed by atoms with van der Waals surface area (Å²) in [6, 6.07) is 1.93. The monoisotopic (exact) mass is 249 g/mol. The van der Waals surface area contributed by atoms with Crippen LogP contribution < -0.4 is 0 Å². The topological polar surface area (TPSA) is 96.6 Å². The van der Waals surface area contributed by atoms with Crippen LogP contribution in [0.4, 0.5) is 0 Å². The Morgan fingerprint density at radius 3 is 2.44 bits per heavy atom. The quantitative estimate of drug-likeness (QED) is 0.659. The number of hydrogen-bond acceptors (Lipinski definition) is 5. The van der Waals surface area contributed by atoms with Crippen LogP contribution in [0.15, 0.2) is 0 Å². The third-order valence-electron chi connectivity index (χ3n) is 2.17. The maximum atomic E-state index is 11.8. The van der Waals surface area contributed by atoms with Gasteiger partial charge < -0.3 is 14.2 Å². The van der Waals surface area contributed by atoms with Gasteiger partial charge in [-0.1, -0.05) is 0 Å². The SMILES string of the molecule is COP(=O)(CC(CCC#N)CC(=O)O)OC. The molecule has 6 nitrogen and oxygen atoms in total. The molecule has 1 unspecified atom stereocenters. The molecule has 0 spiro atoms. The van der Waals surface area contributed by atoms with E-state index in [9.17, 15) is 9.36 Å². The lowest BCUT2D eigenvalue weighted by atomic mass is 10.0. The summed E-state index contributed by atoms with van der Waals surface area (Å²) in [7, 11) is -0.694. The second-order valence-corrected chi connectivity index (χ2v) is 5.64. The number of nitriles is 1. The lowest BCUT2D eigenvalue weighted by molar-refractivity contribution is -0.137. The van der Waals surface area contributed by atoms with Gasteiger partial charge in [0.15, 0.2) is 0 Å². The number of carbonyl (C=O) groups is 1. The molecule has 0 aliphatic rings. The van der Waals surface area contributed by atoms with E-state index in [4.69, 9.17) is 19.4 Å². The van der Waals surface area contributed by atoms with Crippen LogP contribution in [0.2, 0.25) is 0 Å². The summed E-state index contributed by atoms with van der Waals surface area (Å²) in [5.74, 6) is -1.36. The van der Waals surface area contributed by atoms with Crippen molar-refractivity contribution in [3.63, 3.8) is 0 Å². The molecule has 0 aliphatic carbocycles. The summed E-state index contributed by atoms with van der Waals surface area (Å²) in [6.45, 7) is 0. The molecule has 0 heterocycles. The van der Waals surface area contributed by atoms with Crippen molar-refractivity contribution in [2.24, 2.45) is 5.92 Å². The number of hydrogen-bond donors (Lipinski definition) is 1. The number of carboxylic acid groups (broad SMARTS) is 1. The van der Waals surface area contributed by atoms with Crippen molar-refractivity contribution in [1.82, 2.24) is 0 Å². The van der Waals surface area contributed by atoms with E-state index in [0.717, 1.165) is 0 Å². The lowest BCUT2D eigenvalue weighted by Gasteiger charge is -2.19. The average Bonchev–Trinajstić information content (AvgIpc) is 2.25. The molecule has 16 heavy (non-hydrogen) atoms. The van der Waals surface area contributed by atoms with E-state index in [0.29, 0.717) is 6.42 Å². The molecule has 0 aromatic carbocycles. The highest BCUT2D eigenvalue weighted by Gasteiger charge is 2.27. The van der Waals surface area contributed by atoms with Gasteiger partial charge in [0.05, 0.1) is 12.2 Å². The molecule has 0 rings (SSSR count). The fraction of sp³-hybridized carbons (Fsp3) is 0.778. The van der Waals surface area contributed by atoms with E-state index in [1.807, 2.05) is 6.07 Å². The van der Waals surface area contributed by atoms with Gasteiger partial charge in [-0.25, -0.2) is 0 Å². The summed E-state index contributed by atoms with van der Waals surface area (Å²) in [6.07, 6.45) is 0.483. The number of aliphatic carboxylic acids is 1. The van der Waals surface area contributed by atoms with Crippen LogP contribution in [0.25, 0.3) is 0 Å². The molecule has 92 valence electrons. The Hall–Kier alpha value is -0.890. The maximum absolute atomic E-state index is 11.8. The van der Waals surface area contributed by atoms with Crippen molar-refractivity contribution in [2.45, 2.75) is 19.3 Å². The molecule has 0 aliphatic heterocycles. The van der Waals surface area contributed by atoms with Crippen LogP contribution in [0.3, 0.4) is 0 Å². The van der Waals surface area contributed by atoms with Crippen molar-refractivity contribution in [2.75, 3.05) is 20.4 Å². The van der Waals surface area contributed by atoms with Gasteiger partial charge in [0.25, 0.3) is 0 Å². The standard InChI is InChI=1S/C9H16NO5P/c1-14-16(13,15-2)7-8(4-3-5-10)6-9(11)12/h8H,3-4,6-7H2,1-2H3,(H,11,12). The molecule has 1 N–H and O–H groups in total. The van der Waals surface area contributed by atoms with Gasteiger partial charge in [-0.2, -0.15) is 5.26 Å². The van der Waals surface area contributed by atoms with Gasteiger partial charge in [-0.3, -0.25) is 9.36 Å². The Bertz CT molecular complexity index is 304. The number of rotatable bonds is 8. The van der Waals surface area contributed by atoms with E-state index >= 15 is 0 Å². The van der Waals surface area contributed by atoms with Gasteiger partial charge in [0, 0.05) is 27.1 Å². The summed E-state index contributed by atoms with van der Waals surface area (Å²) in [5.41, 5.74) is 0. The fourth-order valence-electron chi connectivity index (χ4n) is 1.31. The molecule has 7 heteroatoms. The molecule has 0 saturated carbocycles. The lowest BCUT2D eigenvalue weighted by Crippen LogP contribution is -2.13. The Balaban J connectivity index is 4.46. The summed E-state index contributed by atoms with van der Waals surface area (Å²) >= 11 is 0. The van der Waals surface area contributed by atoms with Crippen LogP contribution in [-0.4, -0.2) is 31.5 Å². The minimum absolute atomic E-state index is 0.0218. The first kappa shape index (κ1) is 15.1. The van der Waals surface area contributed by atoms with Gasteiger partial charge >= 0.3 is 13.6 Å². The van der Waals surface area contributed by atoms with E-state index in [1.165, 1.54) is 14.2 Å². The summed E-state index contributed by atoms with van der Waals surface area (Å²) in [5, 5.41) is 17.1. The summed E-state index contributed by atoms with van der Waals surface area (Å²) < 4.78 is 21.3. The zero-order chi connectivity index (χ0) is 12.6. The molecule has 1 atom stereocenters. The first-order valence-electron chi connectivity index (χ1n) is 4.76. The molecule has 0 bridgehead atoms. The van der Waals surface area contributed by atoms with Gasteiger partial charge in [0.2, 0.25) is 0 Å². The molecular formula is C9H16NO5P. The van der Waals surface area contributed by atoms with E-state index in [-0.39, 0.29) is 24.9 Å². The summed E-state index contributed by atoms with van der Waals surface area (Å²) in [4.78, 5) is 10.6. The first-order chi connectivity index (χ1) is 7.47. The van der Waals surface area contributed by atoms with Crippen molar-refractivity contribution >= 4 is 13.6 Å². The minimum Gasteiger partial charge on any atom is -0.481 e. The molecule has 0 saturated heterocycles. The predicted molar refractivity (Wildman–Crippen MR) is 57.1 cm³/mol. The Morgan fingerprint density at radius 2 is 2.06 bits per heavy atom.